The third kappa shape index (κ3) is 39.9. The molecule has 7 heteroatoms. The minimum atomic E-state index is 0.235. The number of hydrogen-bond acceptors (Lipinski definition) is 5. The van der Waals surface area contributed by atoms with E-state index in [1.165, 1.54) is 238 Å². The van der Waals surface area contributed by atoms with Gasteiger partial charge in [-0.2, -0.15) is 0 Å². The number of amides is 2. The van der Waals surface area contributed by atoms with Crippen LogP contribution in [0.3, 0.4) is 0 Å². The summed E-state index contributed by atoms with van der Waals surface area (Å²) in [6, 6.07) is 0. The summed E-state index contributed by atoms with van der Waals surface area (Å²) in [4.78, 5) is 39.8. The van der Waals surface area contributed by atoms with E-state index in [0.29, 0.717) is 39.3 Å². The molecule has 0 atom stereocenters. The van der Waals surface area contributed by atoms with Crippen LogP contribution in [0, 0.1) is 0 Å². The topological polar surface area (TPSA) is 50.3 Å². The van der Waals surface area contributed by atoms with Crippen LogP contribution >= 0.6 is 0 Å². The van der Waals surface area contributed by atoms with E-state index in [2.05, 4.69) is 63.2 Å². The maximum absolute atomic E-state index is 14.1. The Hall–Kier alpha value is -1.18. The Morgan fingerprint density at radius 3 is 0.688 bits per heavy atom. The number of carbonyl (C=O) groups is 2. The number of hydrogen-bond donors (Lipinski definition) is 0. The molecular formula is C57H117N5O2. The smallest absolute Gasteiger partial charge is 0.236 e. The van der Waals surface area contributed by atoms with Crippen molar-refractivity contribution in [2.24, 2.45) is 0 Å². The average molecular weight is 905 g/mol. The highest BCUT2D eigenvalue weighted by Gasteiger charge is 2.21. The van der Waals surface area contributed by atoms with Crippen LogP contribution in [-0.2, 0) is 9.59 Å². The quantitative estimate of drug-likeness (QED) is 0.0569. The predicted octanol–water partition coefficient (Wildman–Crippen LogP) is 15.3. The van der Waals surface area contributed by atoms with E-state index in [9.17, 15) is 9.59 Å². The van der Waals surface area contributed by atoms with Gasteiger partial charge < -0.3 is 14.7 Å². The Balaban J connectivity index is 5.54. The summed E-state index contributed by atoms with van der Waals surface area (Å²) in [6.45, 7) is 26.8. The van der Waals surface area contributed by atoms with Gasteiger partial charge in [-0.15, -0.1) is 0 Å². The Bertz CT molecular complexity index is 928. The summed E-state index contributed by atoms with van der Waals surface area (Å²) in [7, 11) is 0. The molecule has 0 saturated carbocycles. The molecule has 0 bridgehead atoms. The highest BCUT2D eigenvalue weighted by atomic mass is 16.2. The van der Waals surface area contributed by atoms with Crippen LogP contribution in [0.5, 0.6) is 0 Å². The van der Waals surface area contributed by atoms with Gasteiger partial charge in [0.15, 0.2) is 0 Å². The maximum atomic E-state index is 14.1. The number of unbranched alkanes of at least 4 members (excludes halogenated alkanes) is 30. The first-order valence-electron chi connectivity index (χ1n) is 29.1. The van der Waals surface area contributed by atoms with E-state index in [-0.39, 0.29) is 11.8 Å². The van der Waals surface area contributed by atoms with Gasteiger partial charge in [-0.3, -0.25) is 19.4 Å². The molecule has 0 saturated heterocycles. The SMILES string of the molecule is CCCCCCCCCN(CCCCCCCCC)CCN(CCCCCCCCC)CC(=O)N(CC)CCN(CC)C(=O)CN(CCCCCCCCC)CCCCCCCCC. The third-order valence-corrected chi connectivity index (χ3v) is 13.9. The van der Waals surface area contributed by atoms with E-state index in [4.69, 9.17) is 0 Å². The lowest BCUT2D eigenvalue weighted by atomic mass is 10.1. The Morgan fingerprint density at radius 2 is 0.438 bits per heavy atom. The lowest BCUT2D eigenvalue weighted by Gasteiger charge is -2.31. The van der Waals surface area contributed by atoms with E-state index >= 15 is 0 Å². The molecule has 0 aliphatic rings. The van der Waals surface area contributed by atoms with Gasteiger partial charge in [-0.1, -0.05) is 227 Å². The van der Waals surface area contributed by atoms with Crippen molar-refractivity contribution in [3.05, 3.63) is 0 Å². The maximum Gasteiger partial charge on any atom is 0.236 e. The van der Waals surface area contributed by atoms with Gasteiger partial charge in [-0.25, -0.2) is 0 Å². The summed E-state index contributed by atoms with van der Waals surface area (Å²) < 4.78 is 0. The molecule has 0 spiro atoms. The van der Waals surface area contributed by atoms with Crippen LogP contribution in [0.25, 0.3) is 0 Å². The van der Waals surface area contributed by atoms with E-state index in [1.807, 2.05) is 9.80 Å². The predicted molar refractivity (Wildman–Crippen MR) is 284 cm³/mol. The molecule has 0 aliphatic heterocycles. The fourth-order valence-corrected chi connectivity index (χ4v) is 9.36. The van der Waals surface area contributed by atoms with Gasteiger partial charge in [0.05, 0.1) is 13.1 Å². The molecule has 0 aliphatic carbocycles. The van der Waals surface area contributed by atoms with Crippen LogP contribution in [0.4, 0.5) is 0 Å². The van der Waals surface area contributed by atoms with Gasteiger partial charge in [0, 0.05) is 39.3 Å². The number of carbonyl (C=O) groups excluding carboxylic acids is 2. The van der Waals surface area contributed by atoms with E-state index in [1.54, 1.807) is 0 Å². The lowest BCUT2D eigenvalue weighted by molar-refractivity contribution is -0.136. The second-order valence-electron chi connectivity index (χ2n) is 19.9. The van der Waals surface area contributed by atoms with Crippen molar-refractivity contribution < 1.29 is 9.59 Å². The molecule has 0 rings (SSSR count). The van der Waals surface area contributed by atoms with Crippen molar-refractivity contribution in [3.63, 3.8) is 0 Å². The molecular weight excluding hydrogens is 787 g/mol. The third-order valence-electron chi connectivity index (χ3n) is 13.9. The number of likely N-dealkylation sites (N-methyl/N-ethyl adjacent to an activating group) is 2. The van der Waals surface area contributed by atoms with Gasteiger partial charge >= 0.3 is 0 Å². The van der Waals surface area contributed by atoms with Crippen molar-refractivity contribution in [3.8, 4) is 0 Å². The molecule has 0 aromatic rings. The lowest BCUT2D eigenvalue weighted by Crippen LogP contribution is -2.47. The monoisotopic (exact) mass is 904 g/mol. The second kappa shape index (κ2) is 49.7. The number of rotatable bonds is 52. The highest BCUT2D eigenvalue weighted by Crippen LogP contribution is 2.14. The van der Waals surface area contributed by atoms with Crippen molar-refractivity contribution in [1.82, 2.24) is 24.5 Å². The van der Waals surface area contributed by atoms with Crippen LogP contribution in [0.1, 0.15) is 273 Å². The van der Waals surface area contributed by atoms with Crippen LogP contribution in [0.2, 0.25) is 0 Å². The summed E-state index contributed by atoms with van der Waals surface area (Å²) in [5.74, 6) is 0.471. The molecule has 0 heterocycles. The van der Waals surface area contributed by atoms with E-state index in [0.717, 1.165) is 32.7 Å². The highest BCUT2D eigenvalue weighted by molar-refractivity contribution is 5.79. The molecule has 0 aromatic heterocycles. The van der Waals surface area contributed by atoms with Gasteiger partial charge in [0.2, 0.25) is 11.8 Å². The van der Waals surface area contributed by atoms with Crippen molar-refractivity contribution in [1.29, 1.82) is 0 Å². The van der Waals surface area contributed by atoms with Crippen molar-refractivity contribution in [2.45, 2.75) is 273 Å². The van der Waals surface area contributed by atoms with Gasteiger partial charge in [-0.05, 0) is 78.7 Å². The normalized spacial score (nSPS) is 11.8. The zero-order valence-corrected chi connectivity index (χ0v) is 45.0. The first kappa shape index (κ1) is 62.8. The molecule has 382 valence electrons. The minimum absolute atomic E-state index is 0.235. The Morgan fingerprint density at radius 1 is 0.234 bits per heavy atom. The molecule has 7 nitrogen and oxygen atoms in total. The Labute approximate surface area is 402 Å². The standard InChI is InChI=1S/C57H117N5O2/c1-8-15-20-25-30-35-40-45-58(46-41-36-31-26-21-16-9-2)50-51-60(49-44-39-34-29-24-19-12-5)55-57(64)62(14-7)53-52-61(13-6)56(63)54-59(47-42-37-32-27-22-17-10-3)48-43-38-33-28-23-18-11-4/h8-55H2,1-7H3. The van der Waals surface area contributed by atoms with Crippen molar-refractivity contribution in [2.75, 3.05) is 85.1 Å². The molecule has 0 fully saturated rings. The van der Waals surface area contributed by atoms with Crippen LogP contribution in [-0.4, -0.2) is 121 Å². The van der Waals surface area contributed by atoms with Gasteiger partial charge in [0.1, 0.15) is 0 Å². The fraction of sp³-hybridized carbons (Fsp3) is 0.965. The fourth-order valence-electron chi connectivity index (χ4n) is 9.36. The minimum Gasteiger partial charge on any atom is -0.340 e. The molecule has 0 N–H and O–H groups in total. The summed E-state index contributed by atoms with van der Waals surface area (Å²) >= 11 is 0. The first-order chi connectivity index (χ1) is 31.4. The van der Waals surface area contributed by atoms with Gasteiger partial charge in [0.25, 0.3) is 0 Å². The first-order valence-corrected chi connectivity index (χ1v) is 29.1. The Kier molecular flexibility index (Phi) is 48.8. The number of nitrogens with zero attached hydrogens (tertiary/aromatic N) is 5. The summed E-state index contributed by atoms with van der Waals surface area (Å²) in [6.07, 6.45) is 46.2. The molecule has 2 amide bonds. The van der Waals surface area contributed by atoms with E-state index < -0.39 is 0 Å². The van der Waals surface area contributed by atoms with Crippen LogP contribution in [0.15, 0.2) is 0 Å². The summed E-state index contributed by atoms with van der Waals surface area (Å²) in [5.41, 5.74) is 0. The molecule has 64 heavy (non-hydrogen) atoms. The molecule has 0 unspecified atom stereocenters. The van der Waals surface area contributed by atoms with Crippen molar-refractivity contribution >= 4 is 11.8 Å². The molecule has 0 aromatic carbocycles. The largest absolute Gasteiger partial charge is 0.340 e. The zero-order chi connectivity index (χ0) is 47.0. The molecule has 0 radical (unpaired) electrons. The second-order valence-corrected chi connectivity index (χ2v) is 19.9. The average Bonchev–Trinajstić information content (AvgIpc) is 3.29. The zero-order valence-electron chi connectivity index (χ0n) is 45.0. The summed E-state index contributed by atoms with van der Waals surface area (Å²) in [5, 5.41) is 0. The van der Waals surface area contributed by atoms with Crippen LogP contribution < -0.4 is 0 Å².